The minimum absolute atomic E-state index is 0.0712. The van der Waals surface area contributed by atoms with Crippen molar-refractivity contribution in [3.05, 3.63) is 30.0 Å². The number of hydrogen-bond acceptors (Lipinski definition) is 3. The first-order valence-corrected chi connectivity index (χ1v) is 5.72. The smallest absolute Gasteiger partial charge is 0.156 e. The molecule has 2 aromatic rings. The van der Waals surface area contributed by atoms with Crippen LogP contribution in [0.5, 0.6) is 0 Å². The van der Waals surface area contributed by atoms with E-state index in [1.807, 2.05) is 32.0 Å². The average molecular weight is 236 g/mol. The van der Waals surface area contributed by atoms with Crippen molar-refractivity contribution in [2.75, 3.05) is 11.9 Å². The molecule has 0 saturated carbocycles. The Morgan fingerprint density at radius 1 is 1.25 bits per heavy atom. The van der Waals surface area contributed by atoms with Gasteiger partial charge in [-0.15, -0.1) is 16.7 Å². The van der Waals surface area contributed by atoms with Crippen molar-refractivity contribution in [3.63, 3.8) is 0 Å². The molecule has 0 aliphatic rings. The average Bonchev–Trinajstić information content (AvgIpc) is 2.28. The Labute approximate surface area is 99.8 Å². The SMILES string of the molecule is Cc1nnc(NCC(C)Cl)c2ccccc12. The van der Waals surface area contributed by atoms with Crippen LogP contribution in [0.1, 0.15) is 12.6 Å². The third-order valence-electron chi connectivity index (χ3n) is 2.42. The summed E-state index contributed by atoms with van der Waals surface area (Å²) < 4.78 is 0. The van der Waals surface area contributed by atoms with E-state index < -0.39 is 0 Å². The molecule has 16 heavy (non-hydrogen) atoms. The first-order valence-electron chi connectivity index (χ1n) is 5.28. The van der Waals surface area contributed by atoms with Crippen molar-refractivity contribution in [1.29, 1.82) is 0 Å². The summed E-state index contributed by atoms with van der Waals surface area (Å²) in [5, 5.41) is 13.8. The van der Waals surface area contributed by atoms with Gasteiger partial charge in [-0.25, -0.2) is 0 Å². The predicted molar refractivity (Wildman–Crippen MR) is 68.1 cm³/mol. The zero-order valence-corrected chi connectivity index (χ0v) is 10.1. The van der Waals surface area contributed by atoms with Gasteiger partial charge in [-0.2, -0.15) is 5.10 Å². The van der Waals surface area contributed by atoms with E-state index in [0.717, 1.165) is 22.3 Å². The second-order valence-corrected chi connectivity index (χ2v) is 4.59. The number of anilines is 1. The zero-order chi connectivity index (χ0) is 11.5. The quantitative estimate of drug-likeness (QED) is 0.832. The normalized spacial score (nSPS) is 12.7. The van der Waals surface area contributed by atoms with Gasteiger partial charge < -0.3 is 5.32 Å². The summed E-state index contributed by atoms with van der Waals surface area (Å²) in [6, 6.07) is 8.09. The van der Waals surface area contributed by atoms with E-state index in [2.05, 4.69) is 21.6 Å². The topological polar surface area (TPSA) is 37.8 Å². The lowest BCUT2D eigenvalue weighted by molar-refractivity contribution is 0.946. The highest BCUT2D eigenvalue weighted by Crippen LogP contribution is 2.22. The van der Waals surface area contributed by atoms with E-state index in [0.29, 0.717) is 6.54 Å². The summed E-state index contributed by atoms with van der Waals surface area (Å²) >= 11 is 5.90. The minimum atomic E-state index is 0.0712. The van der Waals surface area contributed by atoms with Crippen LogP contribution in [0.2, 0.25) is 0 Å². The standard InChI is InChI=1S/C12H14ClN3/c1-8(13)7-14-12-11-6-4-3-5-10(11)9(2)15-16-12/h3-6,8H,7H2,1-2H3,(H,14,16). The molecular formula is C12H14ClN3. The molecule has 0 spiro atoms. The molecule has 0 radical (unpaired) electrons. The number of benzene rings is 1. The number of fused-ring (bicyclic) bond motifs is 1. The molecule has 2 rings (SSSR count). The summed E-state index contributed by atoms with van der Waals surface area (Å²) in [4.78, 5) is 0. The van der Waals surface area contributed by atoms with Crippen molar-refractivity contribution in [2.24, 2.45) is 0 Å². The molecule has 3 nitrogen and oxygen atoms in total. The van der Waals surface area contributed by atoms with Gasteiger partial charge in [0.1, 0.15) is 0 Å². The summed E-state index contributed by atoms with van der Waals surface area (Å²) in [5.41, 5.74) is 0.945. The lowest BCUT2D eigenvalue weighted by Crippen LogP contribution is -2.12. The third-order valence-corrected chi connectivity index (χ3v) is 2.58. The van der Waals surface area contributed by atoms with Crippen molar-refractivity contribution in [2.45, 2.75) is 19.2 Å². The van der Waals surface area contributed by atoms with Crippen LogP contribution in [0.25, 0.3) is 10.8 Å². The molecule has 1 atom stereocenters. The number of halogens is 1. The second kappa shape index (κ2) is 4.66. The van der Waals surface area contributed by atoms with Crippen molar-refractivity contribution < 1.29 is 0 Å². The van der Waals surface area contributed by atoms with Crippen LogP contribution in [0.3, 0.4) is 0 Å². The Hall–Kier alpha value is -1.35. The maximum Gasteiger partial charge on any atom is 0.156 e. The number of aromatic nitrogens is 2. The monoisotopic (exact) mass is 235 g/mol. The predicted octanol–water partition coefficient (Wildman–Crippen LogP) is 2.98. The van der Waals surface area contributed by atoms with Crippen LogP contribution >= 0.6 is 11.6 Å². The van der Waals surface area contributed by atoms with Crippen LogP contribution in [-0.4, -0.2) is 22.1 Å². The fraction of sp³-hybridized carbons (Fsp3) is 0.333. The minimum Gasteiger partial charge on any atom is -0.367 e. The van der Waals surface area contributed by atoms with Gasteiger partial charge in [-0.05, 0) is 13.8 Å². The van der Waals surface area contributed by atoms with Crippen LogP contribution in [-0.2, 0) is 0 Å². The van der Waals surface area contributed by atoms with E-state index in [4.69, 9.17) is 11.6 Å². The van der Waals surface area contributed by atoms with Crippen LogP contribution in [0.4, 0.5) is 5.82 Å². The molecule has 0 saturated heterocycles. The third kappa shape index (κ3) is 2.25. The summed E-state index contributed by atoms with van der Waals surface area (Å²) in [5.74, 6) is 0.800. The number of nitrogens with one attached hydrogen (secondary N) is 1. The summed E-state index contributed by atoms with van der Waals surface area (Å²) in [6.45, 7) is 4.59. The van der Waals surface area contributed by atoms with Crippen LogP contribution in [0.15, 0.2) is 24.3 Å². The Balaban J connectivity index is 2.42. The Kier molecular flexibility index (Phi) is 3.25. The number of aryl methyl sites for hydroxylation is 1. The maximum atomic E-state index is 5.90. The molecule has 0 aliphatic heterocycles. The van der Waals surface area contributed by atoms with E-state index in [1.165, 1.54) is 0 Å². The first kappa shape index (κ1) is 11.1. The number of alkyl halides is 1. The molecule has 84 valence electrons. The Bertz CT molecular complexity index is 497. The Morgan fingerprint density at radius 2 is 1.94 bits per heavy atom. The lowest BCUT2D eigenvalue weighted by atomic mass is 10.1. The van der Waals surface area contributed by atoms with Crippen LogP contribution in [0, 0.1) is 6.92 Å². The van der Waals surface area contributed by atoms with Crippen molar-refractivity contribution in [3.8, 4) is 0 Å². The van der Waals surface area contributed by atoms with Gasteiger partial charge in [0.15, 0.2) is 5.82 Å². The van der Waals surface area contributed by atoms with E-state index >= 15 is 0 Å². The molecule has 1 heterocycles. The van der Waals surface area contributed by atoms with Gasteiger partial charge >= 0.3 is 0 Å². The molecule has 1 unspecified atom stereocenters. The molecule has 0 bridgehead atoms. The largest absolute Gasteiger partial charge is 0.367 e. The van der Waals surface area contributed by atoms with Crippen molar-refractivity contribution in [1.82, 2.24) is 10.2 Å². The molecular weight excluding hydrogens is 222 g/mol. The van der Waals surface area contributed by atoms with Crippen molar-refractivity contribution >= 4 is 28.2 Å². The van der Waals surface area contributed by atoms with Gasteiger partial charge in [0.25, 0.3) is 0 Å². The van der Waals surface area contributed by atoms with Gasteiger partial charge in [-0.1, -0.05) is 24.3 Å². The molecule has 1 aromatic heterocycles. The van der Waals surface area contributed by atoms with Gasteiger partial charge in [0.05, 0.1) is 5.69 Å². The van der Waals surface area contributed by atoms with Crippen LogP contribution < -0.4 is 5.32 Å². The van der Waals surface area contributed by atoms with Gasteiger partial charge in [-0.3, -0.25) is 0 Å². The summed E-state index contributed by atoms with van der Waals surface area (Å²) in [6.07, 6.45) is 0. The molecule has 1 aromatic carbocycles. The first-order chi connectivity index (χ1) is 7.68. The lowest BCUT2D eigenvalue weighted by Gasteiger charge is -2.09. The molecule has 0 aliphatic carbocycles. The Morgan fingerprint density at radius 3 is 2.62 bits per heavy atom. The highest BCUT2D eigenvalue weighted by atomic mass is 35.5. The molecule has 4 heteroatoms. The fourth-order valence-corrected chi connectivity index (χ4v) is 1.68. The van der Waals surface area contributed by atoms with E-state index in [-0.39, 0.29) is 5.38 Å². The van der Waals surface area contributed by atoms with E-state index in [9.17, 15) is 0 Å². The maximum absolute atomic E-state index is 5.90. The molecule has 1 N–H and O–H groups in total. The van der Waals surface area contributed by atoms with E-state index in [1.54, 1.807) is 0 Å². The zero-order valence-electron chi connectivity index (χ0n) is 9.37. The second-order valence-electron chi connectivity index (χ2n) is 3.84. The van der Waals surface area contributed by atoms with Gasteiger partial charge in [0.2, 0.25) is 0 Å². The highest BCUT2D eigenvalue weighted by Gasteiger charge is 2.06. The fourth-order valence-electron chi connectivity index (χ4n) is 1.61. The van der Waals surface area contributed by atoms with Gasteiger partial charge in [0, 0.05) is 22.7 Å². The summed E-state index contributed by atoms with van der Waals surface area (Å²) in [7, 11) is 0. The number of hydrogen-bond donors (Lipinski definition) is 1. The highest BCUT2D eigenvalue weighted by molar-refractivity contribution is 6.20. The molecule has 0 amide bonds. The molecule has 0 fully saturated rings. The number of nitrogens with zero attached hydrogens (tertiary/aromatic N) is 2. The number of rotatable bonds is 3.